The lowest BCUT2D eigenvalue weighted by molar-refractivity contribution is 1.06. The minimum Gasteiger partial charge on any atom is -0.276 e. The van der Waals surface area contributed by atoms with Gasteiger partial charge in [0, 0.05) is 16.5 Å². The molecule has 25 heavy (non-hydrogen) atoms. The van der Waals surface area contributed by atoms with Crippen molar-refractivity contribution in [3.63, 3.8) is 0 Å². The average molecular weight is 321 g/mol. The molecule has 0 saturated carbocycles. The Hall–Kier alpha value is -3.39. The number of nitrogens with zero attached hydrogens (tertiary/aromatic N) is 1. The molecule has 0 N–H and O–H groups in total. The summed E-state index contributed by atoms with van der Waals surface area (Å²) in [6.45, 7) is 0. The van der Waals surface area contributed by atoms with Crippen molar-refractivity contribution >= 4 is 32.4 Å². The van der Waals surface area contributed by atoms with E-state index in [9.17, 15) is 4.79 Å². The van der Waals surface area contributed by atoms with Gasteiger partial charge >= 0.3 is 0 Å². The normalized spacial score (nSPS) is 11.4. The van der Waals surface area contributed by atoms with Crippen molar-refractivity contribution in [3.05, 3.63) is 101 Å². The van der Waals surface area contributed by atoms with Gasteiger partial charge in [0.15, 0.2) is 0 Å². The van der Waals surface area contributed by atoms with Crippen LogP contribution in [0.4, 0.5) is 0 Å². The van der Waals surface area contributed by atoms with Crippen molar-refractivity contribution in [1.29, 1.82) is 0 Å². The number of rotatable bonds is 1. The van der Waals surface area contributed by atoms with Crippen LogP contribution in [0.15, 0.2) is 95.8 Å². The zero-order valence-corrected chi connectivity index (χ0v) is 13.5. The topological polar surface area (TPSA) is 22.0 Å². The lowest BCUT2D eigenvalue weighted by Crippen LogP contribution is -2.19. The first-order chi connectivity index (χ1) is 12.3. The van der Waals surface area contributed by atoms with E-state index >= 15 is 0 Å². The number of aromatic nitrogens is 1. The van der Waals surface area contributed by atoms with Crippen LogP contribution >= 0.6 is 0 Å². The minimum absolute atomic E-state index is 0.0181. The van der Waals surface area contributed by atoms with E-state index in [0.29, 0.717) is 0 Å². The van der Waals surface area contributed by atoms with Crippen molar-refractivity contribution < 1.29 is 0 Å². The van der Waals surface area contributed by atoms with Crippen LogP contribution in [0.5, 0.6) is 0 Å². The van der Waals surface area contributed by atoms with E-state index in [2.05, 4.69) is 30.3 Å². The van der Waals surface area contributed by atoms with Gasteiger partial charge in [-0.05, 0) is 40.4 Å². The molecule has 0 unspecified atom stereocenters. The fourth-order valence-electron chi connectivity index (χ4n) is 3.68. The van der Waals surface area contributed by atoms with Gasteiger partial charge < -0.3 is 0 Å². The van der Waals surface area contributed by atoms with Crippen LogP contribution in [0.25, 0.3) is 38.1 Å². The first-order valence-corrected chi connectivity index (χ1v) is 8.35. The van der Waals surface area contributed by atoms with Gasteiger partial charge in [0.25, 0.3) is 5.56 Å². The molecule has 0 saturated heterocycles. The fourth-order valence-corrected chi connectivity index (χ4v) is 3.68. The standard InChI is InChI=1S/C23H15NO/c25-23-20-13-7-6-12-19(20)22-18-11-5-4-8-16(18)14-15-21(22)24(23)17-9-2-1-3-10-17/h1-15H. The molecule has 5 aromatic rings. The van der Waals surface area contributed by atoms with Gasteiger partial charge in [-0.15, -0.1) is 0 Å². The number of hydrogen-bond donors (Lipinski definition) is 0. The summed E-state index contributed by atoms with van der Waals surface area (Å²) in [7, 11) is 0. The number of benzene rings is 4. The quantitative estimate of drug-likeness (QED) is 0.384. The van der Waals surface area contributed by atoms with Crippen LogP contribution in [-0.4, -0.2) is 4.57 Å². The van der Waals surface area contributed by atoms with Crippen molar-refractivity contribution in [2.75, 3.05) is 0 Å². The molecule has 0 aliphatic heterocycles. The Morgan fingerprint density at radius 1 is 0.560 bits per heavy atom. The summed E-state index contributed by atoms with van der Waals surface area (Å²) >= 11 is 0. The van der Waals surface area contributed by atoms with Crippen molar-refractivity contribution in [1.82, 2.24) is 4.57 Å². The average Bonchev–Trinajstić information content (AvgIpc) is 2.68. The smallest absolute Gasteiger partial charge is 0.263 e. The lowest BCUT2D eigenvalue weighted by Gasteiger charge is -2.15. The predicted octanol–water partition coefficient (Wildman–Crippen LogP) is 5.30. The molecule has 4 aromatic carbocycles. The van der Waals surface area contributed by atoms with Crippen LogP contribution in [0.2, 0.25) is 0 Å². The van der Waals surface area contributed by atoms with E-state index < -0.39 is 0 Å². The fraction of sp³-hybridized carbons (Fsp3) is 0. The van der Waals surface area contributed by atoms with Crippen LogP contribution in [0.1, 0.15) is 0 Å². The van der Waals surface area contributed by atoms with Crippen molar-refractivity contribution in [3.8, 4) is 5.69 Å². The monoisotopic (exact) mass is 321 g/mol. The third-order valence-electron chi connectivity index (χ3n) is 4.79. The summed E-state index contributed by atoms with van der Waals surface area (Å²) in [4.78, 5) is 13.2. The zero-order chi connectivity index (χ0) is 16.8. The van der Waals surface area contributed by atoms with E-state index in [-0.39, 0.29) is 5.56 Å². The molecule has 0 aliphatic carbocycles. The first kappa shape index (κ1) is 14.0. The van der Waals surface area contributed by atoms with Crippen LogP contribution in [-0.2, 0) is 0 Å². The second kappa shape index (κ2) is 5.32. The molecule has 0 aliphatic rings. The van der Waals surface area contributed by atoms with E-state index in [4.69, 9.17) is 0 Å². The predicted molar refractivity (Wildman–Crippen MR) is 105 cm³/mol. The molecular formula is C23H15NO. The Labute approximate surface area is 144 Å². The van der Waals surface area contributed by atoms with Gasteiger partial charge in [-0.1, -0.05) is 66.7 Å². The maximum atomic E-state index is 13.2. The maximum absolute atomic E-state index is 13.2. The summed E-state index contributed by atoms with van der Waals surface area (Å²) in [6.07, 6.45) is 0. The Balaban J connectivity index is 2.13. The molecule has 0 bridgehead atoms. The van der Waals surface area contributed by atoms with Gasteiger partial charge in [-0.2, -0.15) is 0 Å². The Kier molecular flexibility index (Phi) is 2.98. The molecule has 2 heteroatoms. The van der Waals surface area contributed by atoms with Gasteiger partial charge in [0.05, 0.1) is 5.52 Å². The van der Waals surface area contributed by atoms with Gasteiger partial charge in [0.2, 0.25) is 0 Å². The highest BCUT2D eigenvalue weighted by Gasteiger charge is 2.13. The third-order valence-corrected chi connectivity index (χ3v) is 4.79. The molecule has 0 amide bonds. The highest BCUT2D eigenvalue weighted by atomic mass is 16.1. The molecule has 1 heterocycles. The number of para-hydroxylation sites is 1. The molecule has 1 aromatic heterocycles. The zero-order valence-electron chi connectivity index (χ0n) is 13.5. The Morgan fingerprint density at radius 3 is 2.00 bits per heavy atom. The summed E-state index contributed by atoms with van der Waals surface area (Å²) in [5, 5.41) is 5.22. The second-order valence-electron chi connectivity index (χ2n) is 6.20. The number of fused-ring (bicyclic) bond motifs is 5. The Morgan fingerprint density at radius 2 is 1.20 bits per heavy atom. The van der Waals surface area contributed by atoms with Gasteiger partial charge in [-0.3, -0.25) is 9.36 Å². The number of pyridine rings is 1. The second-order valence-corrected chi connectivity index (χ2v) is 6.20. The van der Waals surface area contributed by atoms with Crippen molar-refractivity contribution in [2.45, 2.75) is 0 Å². The van der Waals surface area contributed by atoms with E-state index in [0.717, 1.165) is 27.4 Å². The molecule has 0 spiro atoms. The summed E-state index contributed by atoms with van der Waals surface area (Å²) in [5.41, 5.74) is 1.84. The lowest BCUT2D eigenvalue weighted by atomic mass is 9.99. The van der Waals surface area contributed by atoms with Crippen LogP contribution in [0, 0.1) is 0 Å². The van der Waals surface area contributed by atoms with Gasteiger partial charge in [0.1, 0.15) is 0 Å². The summed E-state index contributed by atoms with van der Waals surface area (Å²) < 4.78 is 1.82. The van der Waals surface area contributed by atoms with Crippen molar-refractivity contribution in [2.24, 2.45) is 0 Å². The maximum Gasteiger partial charge on any atom is 0.263 e. The molecule has 0 fully saturated rings. The van der Waals surface area contributed by atoms with E-state index in [1.54, 1.807) is 0 Å². The van der Waals surface area contributed by atoms with Crippen LogP contribution < -0.4 is 5.56 Å². The van der Waals surface area contributed by atoms with Crippen LogP contribution in [0.3, 0.4) is 0 Å². The number of hydrogen-bond acceptors (Lipinski definition) is 1. The molecule has 5 rings (SSSR count). The first-order valence-electron chi connectivity index (χ1n) is 8.35. The van der Waals surface area contributed by atoms with Gasteiger partial charge in [-0.25, -0.2) is 0 Å². The van der Waals surface area contributed by atoms with E-state index in [1.165, 1.54) is 10.8 Å². The molecular weight excluding hydrogens is 306 g/mol. The molecule has 2 nitrogen and oxygen atoms in total. The third kappa shape index (κ3) is 2.01. The highest BCUT2D eigenvalue weighted by Crippen LogP contribution is 2.31. The highest BCUT2D eigenvalue weighted by molar-refractivity contribution is 6.19. The summed E-state index contributed by atoms with van der Waals surface area (Å²) in [6, 6.07) is 30.2. The SMILES string of the molecule is O=c1c2ccccc2c2c3ccccc3ccc2n1-c1ccccc1. The molecule has 0 radical (unpaired) electrons. The van der Waals surface area contributed by atoms with E-state index in [1.807, 2.05) is 65.2 Å². The minimum atomic E-state index is 0.0181. The Bertz CT molecular complexity index is 1300. The molecule has 118 valence electrons. The summed E-state index contributed by atoms with van der Waals surface area (Å²) in [5.74, 6) is 0. The molecule has 0 atom stereocenters. The largest absolute Gasteiger partial charge is 0.276 e.